The molecule has 0 aromatic carbocycles. The molecule has 0 heteroatoms. The summed E-state index contributed by atoms with van der Waals surface area (Å²) in [6.45, 7) is 25.5. The zero-order chi connectivity index (χ0) is 38.5. The summed E-state index contributed by atoms with van der Waals surface area (Å²) in [6, 6.07) is 0. The summed E-state index contributed by atoms with van der Waals surface area (Å²) in [5.41, 5.74) is 6.18. The summed E-state index contributed by atoms with van der Waals surface area (Å²) >= 11 is 0. The van der Waals surface area contributed by atoms with Crippen molar-refractivity contribution in [1.82, 2.24) is 0 Å². The van der Waals surface area contributed by atoms with Gasteiger partial charge in [0.05, 0.1) is 0 Å². The van der Waals surface area contributed by atoms with Crippen LogP contribution >= 0.6 is 0 Å². The molecule has 8 aliphatic carbocycles. The normalized spacial score (nSPS) is 45.0. The van der Waals surface area contributed by atoms with E-state index in [2.05, 4.69) is 81.4 Å². The lowest BCUT2D eigenvalue weighted by Crippen LogP contribution is -2.50. The van der Waals surface area contributed by atoms with Gasteiger partial charge in [-0.3, -0.25) is 0 Å². The van der Waals surface area contributed by atoms with E-state index in [1.54, 1.807) is 0 Å². The maximum Gasteiger partial charge on any atom is -0.00853 e. The predicted molar refractivity (Wildman–Crippen MR) is 235 cm³/mol. The van der Waals surface area contributed by atoms with Gasteiger partial charge in [-0.2, -0.15) is 0 Å². The van der Waals surface area contributed by atoms with Crippen LogP contribution in [0.15, 0.2) is 23.3 Å². The number of allylic oxidation sites excluding steroid dienone is 4. The standard InChI is InChI=1S/2C27H46/c2*1-19(2)9-8-10-20(3)23-14-15-24-22-13-12-21-11-6-7-17-26(21,4)25(22)16-18-27(23,24)5/h2*12,19-20,22-25H,6-11,13-18H2,1-5H3/t2*20-,22+,23-,24+,25+,26+,27-/m11/s1. The average molecular weight is 741 g/mol. The van der Waals surface area contributed by atoms with Gasteiger partial charge in [0.1, 0.15) is 0 Å². The van der Waals surface area contributed by atoms with Crippen LogP contribution in [0.2, 0.25) is 0 Å². The molecule has 14 atom stereocenters. The minimum absolute atomic E-state index is 0.573. The van der Waals surface area contributed by atoms with Crippen molar-refractivity contribution < 1.29 is 0 Å². The SMILES string of the molecule is CC(C)CCC[C@@H](C)[C@H]1CC[C@H]2[C@@H]3CC=C4CCCC[C@]4(C)[C@H]3CC[C@]12C.CC(C)CCC[C@@H](C)[C@H]1CC[C@H]2[C@@H]3CC=C4CCCC[C@]4(C)[C@H]3CC[C@]12C. The van der Waals surface area contributed by atoms with E-state index in [9.17, 15) is 0 Å². The summed E-state index contributed by atoms with van der Waals surface area (Å²) in [5, 5.41) is 0. The molecule has 54 heavy (non-hydrogen) atoms. The molecule has 0 amide bonds. The Bertz CT molecular complexity index is 1210. The molecule has 0 aromatic rings. The summed E-state index contributed by atoms with van der Waals surface area (Å²) in [5.74, 6) is 11.7. The largest absolute Gasteiger partial charge is 0.0845 e. The van der Waals surface area contributed by atoms with Gasteiger partial charge in [-0.05, 0) is 195 Å². The highest BCUT2D eigenvalue weighted by Crippen LogP contribution is 2.69. The molecule has 308 valence electrons. The minimum Gasteiger partial charge on any atom is -0.0845 e. The lowest BCUT2D eigenvalue weighted by molar-refractivity contribution is -0.0501. The van der Waals surface area contributed by atoms with E-state index in [0.29, 0.717) is 21.7 Å². The van der Waals surface area contributed by atoms with Gasteiger partial charge in [0.15, 0.2) is 0 Å². The van der Waals surface area contributed by atoms with Crippen LogP contribution in [0.4, 0.5) is 0 Å². The zero-order valence-corrected chi connectivity index (χ0v) is 38.1. The first kappa shape index (κ1) is 41.6. The molecule has 0 unspecified atom stereocenters. The van der Waals surface area contributed by atoms with Crippen LogP contribution in [0, 0.1) is 92.7 Å². The van der Waals surface area contributed by atoms with Gasteiger partial charge in [-0.1, -0.05) is 144 Å². The first-order valence-corrected chi connectivity index (χ1v) is 25.1. The molecule has 0 aliphatic heterocycles. The van der Waals surface area contributed by atoms with Gasteiger partial charge in [-0.25, -0.2) is 0 Å². The maximum atomic E-state index is 2.74. The lowest BCUT2D eigenvalue weighted by Gasteiger charge is -2.58. The second-order valence-electron chi connectivity index (χ2n) is 24.0. The molecule has 0 aromatic heterocycles. The Kier molecular flexibility index (Phi) is 12.8. The van der Waals surface area contributed by atoms with Crippen LogP contribution in [-0.2, 0) is 0 Å². The van der Waals surface area contributed by atoms with E-state index in [-0.39, 0.29) is 0 Å². The van der Waals surface area contributed by atoms with Crippen molar-refractivity contribution in [3.05, 3.63) is 23.3 Å². The van der Waals surface area contributed by atoms with E-state index in [1.807, 2.05) is 11.1 Å². The molecule has 0 heterocycles. The third kappa shape index (κ3) is 7.59. The van der Waals surface area contributed by atoms with Crippen molar-refractivity contribution in [2.45, 2.75) is 223 Å². The third-order valence-corrected chi connectivity index (χ3v) is 20.4. The van der Waals surface area contributed by atoms with Crippen LogP contribution in [0.3, 0.4) is 0 Å². The third-order valence-electron chi connectivity index (χ3n) is 20.4. The fourth-order valence-electron chi connectivity index (χ4n) is 17.4. The molecule has 8 aliphatic rings. The molecule has 0 spiro atoms. The number of hydrogen-bond donors (Lipinski definition) is 0. The highest BCUT2D eigenvalue weighted by Gasteiger charge is 2.60. The van der Waals surface area contributed by atoms with Gasteiger partial charge in [-0.15, -0.1) is 0 Å². The first-order valence-electron chi connectivity index (χ1n) is 25.1. The minimum atomic E-state index is 0.573. The van der Waals surface area contributed by atoms with E-state index in [4.69, 9.17) is 0 Å². The van der Waals surface area contributed by atoms with Crippen molar-refractivity contribution in [2.24, 2.45) is 92.7 Å². The molecule has 6 fully saturated rings. The van der Waals surface area contributed by atoms with Gasteiger partial charge in [0, 0.05) is 0 Å². The number of rotatable bonds is 10. The fraction of sp³-hybridized carbons (Fsp3) is 0.926. The van der Waals surface area contributed by atoms with Crippen molar-refractivity contribution in [2.75, 3.05) is 0 Å². The summed E-state index contributed by atoms with van der Waals surface area (Å²) in [7, 11) is 0. The topological polar surface area (TPSA) is 0 Å². The molecule has 0 N–H and O–H groups in total. The maximum absolute atomic E-state index is 2.74. The second kappa shape index (κ2) is 16.6. The number of fused-ring (bicyclic) bond motifs is 10. The molecule has 0 bridgehead atoms. The van der Waals surface area contributed by atoms with E-state index in [1.165, 1.54) is 154 Å². The monoisotopic (exact) mass is 741 g/mol. The van der Waals surface area contributed by atoms with Crippen LogP contribution in [-0.4, -0.2) is 0 Å². The summed E-state index contributed by atoms with van der Waals surface area (Å²) in [4.78, 5) is 0. The van der Waals surface area contributed by atoms with Gasteiger partial charge in [0.2, 0.25) is 0 Å². The van der Waals surface area contributed by atoms with Crippen LogP contribution < -0.4 is 0 Å². The van der Waals surface area contributed by atoms with E-state index < -0.39 is 0 Å². The van der Waals surface area contributed by atoms with Crippen molar-refractivity contribution >= 4 is 0 Å². The first-order chi connectivity index (χ1) is 25.7. The lowest BCUT2D eigenvalue weighted by atomic mass is 9.47. The number of hydrogen-bond acceptors (Lipinski definition) is 0. The van der Waals surface area contributed by atoms with Crippen LogP contribution in [0.25, 0.3) is 0 Å². The fourth-order valence-corrected chi connectivity index (χ4v) is 17.4. The molecule has 0 radical (unpaired) electrons. The van der Waals surface area contributed by atoms with Crippen LogP contribution in [0.1, 0.15) is 223 Å². The van der Waals surface area contributed by atoms with Crippen molar-refractivity contribution in [1.29, 1.82) is 0 Å². The Hall–Kier alpha value is -0.520. The van der Waals surface area contributed by atoms with E-state index in [0.717, 1.165) is 71.0 Å². The molecular weight excluding hydrogens is 649 g/mol. The molecule has 0 saturated heterocycles. The predicted octanol–water partition coefficient (Wildman–Crippen LogP) is 16.8. The smallest absolute Gasteiger partial charge is 0.00853 e. The average Bonchev–Trinajstić information content (AvgIpc) is 3.68. The summed E-state index contributed by atoms with van der Waals surface area (Å²) < 4.78 is 0. The molecule has 6 saturated carbocycles. The quantitative estimate of drug-likeness (QED) is 0.196. The summed E-state index contributed by atoms with van der Waals surface area (Å²) in [6.07, 6.45) is 40.9. The van der Waals surface area contributed by atoms with E-state index >= 15 is 0 Å². The molecular formula is C54H92. The van der Waals surface area contributed by atoms with Crippen molar-refractivity contribution in [3.63, 3.8) is 0 Å². The van der Waals surface area contributed by atoms with Gasteiger partial charge in [0.25, 0.3) is 0 Å². The Morgan fingerprint density at radius 2 is 0.889 bits per heavy atom. The highest BCUT2D eigenvalue weighted by molar-refractivity contribution is 5.26. The Labute approximate surface area is 338 Å². The Morgan fingerprint density at radius 1 is 0.481 bits per heavy atom. The molecule has 8 rings (SSSR count). The van der Waals surface area contributed by atoms with Gasteiger partial charge < -0.3 is 0 Å². The highest BCUT2D eigenvalue weighted by atomic mass is 14.6. The Morgan fingerprint density at radius 3 is 1.28 bits per heavy atom. The zero-order valence-electron chi connectivity index (χ0n) is 38.1. The molecule has 0 nitrogen and oxygen atoms in total. The van der Waals surface area contributed by atoms with Crippen LogP contribution in [0.5, 0.6) is 0 Å². The van der Waals surface area contributed by atoms with Gasteiger partial charge >= 0.3 is 0 Å². The second-order valence-corrected chi connectivity index (χ2v) is 24.0. The van der Waals surface area contributed by atoms with Crippen molar-refractivity contribution in [3.8, 4) is 0 Å². The Balaban J connectivity index is 0.000000167.